The Hall–Kier alpha value is -0.770. The van der Waals surface area contributed by atoms with Crippen molar-refractivity contribution in [2.75, 3.05) is 19.6 Å². The van der Waals surface area contributed by atoms with E-state index in [1.165, 1.54) is 0 Å². The normalized spacial score (nSPS) is 31.9. The monoisotopic (exact) mass is 156 g/mol. The molecule has 4 heteroatoms. The average Bonchev–Trinajstić information content (AvgIpc) is 2.07. The number of cyclic esters (lactones) is 1. The van der Waals surface area contributed by atoms with E-state index in [1.807, 2.05) is 6.92 Å². The van der Waals surface area contributed by atoms with E-state index in [0.717, 1.165) is 19.6 Å². The first-order valence-corrected chi connectivity index (χ1v) is 3.95. The van der Waals surface area contributed by atoms with E-state index in [9.17, 15) is 4.79 Å². The summed E-state index contributed by atoms with van der Waals surface area (Å²) in [5, 5.41) is 3.12. The highest BCUT2D eigenvalue weighted by atomic mass is 16.6. The fourth-order valence-corrected chi connectivity index (χ4v) is 1.42. The van der Waals surface area contributed by atoms with Crippen LogP contribution < -0.4 is 5.32 Å². The smallest absolute Gasteiger partial charge is 0.410 e. The molecule has 1 N–H and O–H groups in total. The van der Waals surface area contributed by atoms with E-state index >= 15 is 0 Å². The summed E-state index contributed by atoms with van der Waals surface area (Å²) < 4.78 is 4.99. The van der Waals surface area contributed by atoms with Crippen molar-refractivity contribution in [3.63, 3.8) is 0 Å². The van der Waals surface area contributed by atoms with Crippen molar-refractivity contribution in [1.82, 2.24) is 10.2 Å². The van der Waals surface area contributed by atoms with Crippen LogP contribution in [0.25, 0.3) is 0 Å². The maximum absolute atomic E-state index is 11.1. The maximum atomic E-state index is 11.1. The van der Waals surface area contributed by atoms with Crippen molar-refractivity contribution in [3.8, 4) is 0 Å². The number of hydrogen-bond donors (Lipinski definition) is 1. The second-order valence-corrected chi connectivity index (χ2v) is 3.16. The number of nitrogens with one attached hydrogen (secondary N) is 1. The summed E-state index contributed by atoms with van der Waals surface area (Å²) in [5.41, 5.74) is 0. The van der Waals surface area contributed by atoms with E-state index in [-0.39, 0.29) is 12.2 Å². The predicted molar refractivity (Wildman–Crippen MR) is 39.3 cm³/mol. The minimum atomic E-state index is -0.149. The van der Waals surface area contributed by atoms with Crippen LogP contribution in [0, 0.1) is 0 Å². The third-order valence-electron chi connectivity index (χ3n) is 2.19. The molecule has 2 aliphatic rings. The molecule has 62 valence electrons. The van der Waals surface area contributed by atoms with Crippen molar-refractivity contribution in [3.05, 3.63) is 0 Å². The summed E-state index contributed by atoms with van der Waals surface area (Å²) in [7, 11) is 0. The fourth-order valence-electron chi connectivity index (χ4n) is 1.42. The van der Waals surface area contributed by atoms with Crippen molar-refractivity contribution >= 4 is 6.09 Å². The first-order chi connectivity index (χ1) is 5.27. The van der Waals surface area contributed by atoms with Crippen LogP contribution in [0.3, 0.4) is 0 Å². The molecule has 0 saturated carbocycles. The van der Waals surface area contributed by atoms with Gasteiger partial charge in [-0.25, -0.2) is 4.79 Å². The van der Waals surface area contributed by atoms with Gasteiger partial charge in [-0.1, -0.05) is 0 Å². The quantitative estimate of drug-likeness (QED) is 0.571. The SMILES string of the molecule is CC1CN(C2CNC2)C(=O)O1. The largest absolute Gasteiger partial charge is 0.444 e. The Bertz CT molecular complexity index is 179. The first-order valence-electron chi connectivity index (χ1n) is 3.95. The van der Waals surface area contributed by atoms with Crippen LogP contribution >= 0.6 is 0 Å². The number of nitrogens with zero attached hydrogens (tertiary/aromatic N) is 1. The highest BCUT2D eigenvalue weighted by Crippen LogP contribution is 2.15. The maximum Gasteiger partial charge on any atom is 0.410 e. The number of carbonyl (C=O) groups is 1. The van der Waals surface area contributed by atoms with Gasteiger partial charge in [-0.2, -0.15) is 0 Å². The predicted octanol–water partition coefficient (Wildman–Crippen LogP) is -0.201. The highest BCUT2D eigenvalue weighted by Gasteiger charge is 2.36. The fraction of sp³-hybridized carbons (Fsp3) is 0.857. The summed E-state index contributed by atoms with van der Waals surface area (Å²) in [6, 6.07) is 0.382. The molecule has 2 saturated heterocycles. The van der Waals surface area contributed by atoms with Crippen LogP contribution in [-0.2, 0) is 4.74 Å². The Morgan fingerprint density at radius 2 is 2.36 bits per heavy atom. The molecule has 2 fully saturated rings. The molecule has 11 heavy (non-hydrogen) atoms. The van der Waals surface area contributed by atoms with Gasteiger partial charge in [0.15, 0.2) is 0 Å². The Morgan fingerprint density at radius 3 is 2.73 bits per heavy atom. The molecule has 1 amide bonds. The zero-order valence-electron chi connectivity index (χ0n) is 6.54. The Kier molecular flexibility index (Phi) is 1.49. The molecule has 1 unspecified atom stereocenters. The van der Waals surface area contributed by atoms with Gasteiger partial charge in [0.25, 0.3) is 0 Å². The molecule has 0 spiro atoms. The number of ether oxygens (including phenoxy) is 1. The van der Waals surface area contributed by atoms with Gasteiger partial charge in [-0.05, 0) is 6.92 Å². The second-order valence-electron chi connectivity index (χ2n) is 3.16. The van der Waals surface area contributed by atoms with Gasteiger partial charge in [-0.15, -0.1) is 0 Å². The summed E-state index contributed by atoms with van der Waals surface area (Å²) in [6.07, 6.45) is -0.0768. The van der Waals surface area contributed by atoms with Gasteiger partial charge in [0.05, 0.1) is 12.6 Å². The van der Waals surface area contributed by atoms with Gasteiger partial charge in [0.2, 0.25) is 0 Å². The average molecular weight is 156 g/mol. The van der Waals surface area contributed by atoms with Crippen molar-refractivity contribution in [2.45, 2.75) is 19.1 Å². The van der Waals surface area contributed by atoms with Gasteiger partial charge < -0.3 is 10.1 Å². The highest BCUT2D eigenvalue weighted by molar-refractivity contribution is 5.70. The van der Waals surface area contributed by atoms with Crippen LogP contribution in [0.1, 0.15) is 6.92 Å². The molecule has 2 rings (SSSR count). The first kappa shape index (κ1) is 6.91. The molecule has 0 aromatic carbocycles. The summed E-state index contributed by atoms with van der Waals surface area (Å²) in [5.74, 6) is 0. The number of rotatable bonds is 1. The van der Waals surface area contributed by atoms with E-state index in [0.29, 0.717) is 6.04 Å². The van der Waals surface area contributed by atoms with Crippen LogP contribution in [-0.4, -0.2) is 42.8 Å². The molecule has 0 aromatic rings. The zero-order chi connectivity index (χ0) is 7.84. The molecular weight excluding hydrogens is 144 g/mol. The third-order valence-corrected chi connectivity index (χ3v) is 2.19. The topological polar surface area (TPSA) is 41.6 Å². The lowest BCUT2D eigenvalue weighted by Crippen LogP contribution is -2.57. The van der Waals surface area contributed by atoms with Crippen molar-refractivity contribution < 1.29 is 9.53 Å². The Labute approximate surface area is 65.5 Å². The standard InChI is InChI=1S/C7H12N2O2/c1-5-4-9(7(10)11-5)6-2-8-3-6/h5-6,8H,2-4H2,1H3. The molecule has 2 aliphatic heterocycles. The zero-order valence-corrected chi connectivity index (χ0v) is 6.54. The van der Waals surface area contributed by atoms with Crippen LogP contribution in [0.5, 0.6) is 0 Å². The molecular formula is C7H12N2O2. The Balaban J connectivity index is 1.97. The molecule has 0 aliphatic carbocycles. The number of carbonyl (C=O) groups excluding carboxylic acids is 1. The summed E-state index contributed by atoms with van der Waals surface area (Å²) in [4.78, 5) is 12.9. The van der Waals surface area contributed by atoms with Crippen molar-refractivity contribution in [2.24, 2.45) is 0 Å². The van der Waals surface area contributed by atoms with Gasteiger partial charge >= 0.3 is 6.09 Å². The number of amides is 1. The van der Waals surface area contributed by atoms with Crippen LogP contribution in [0.2, 0.25) is 0 Å². The van der Waals surface area contributed by atoms with E-state index in [4.69, 9.17) is 4.74 Å². The molecule has 2 heterocycles. The molecule has 4 nitrogen and oxygen atoms in total. The number of hydrogen-bond acceptors (Lipinski definition) is 3. The summed E-state index contributed by atoms with van der Waals surface area (Å²) >= 11 is 0. The molecule has 1 atom stereocenters. The summed E-state index contributed by atoms with van der Waals surface area (Å²) in [6.45, 7) is 4.51. The van der Waals surface area contributed by atoms with E-state index < -0.39 is 0 Å². The lowest BCUT2D eigenvalue weighted by molar-refractivity contribution is 0.125. The van der Waals surface area contributed by atoms with E-state index in [1.54, 1.807) is 4.90 Å². The lowest BCUT2D eigenvalue weighted by Gasteiger charge is -2.33. The van der Waals surface area contributed by atoms with Crippen LogP contribution in [0.15, 0.2) is 0 Å². The van der Waals surface area contributed by atoms with Gasteiger partial charge in [-0.3, -0.25) is 4.90 Å². The lowest BCUT2D eigenvalue weighted by atomic mass is 10.1. The van der Waals surface area contributed by atoms with Gasteiger partial charge in [0, 0.05) is 13.1 Å². The Morgan fingerprint density at radius 1 is 1.64 bits per heavy atom. The molecule has 0 radical (unpaired) electrons. The van der Waals surface area contributed by atoms with E-state index in [2.05, 4.69) is 5.32 Å². The minimum absolute atomic E-state index is 0.0723. The van der Waals surface area contributed by atoms with Crippen molar-refractivity contribution in [1.29, 1.82) is 0 Å². The molecule has 0 aromatic heterocycles. The minimum Gasteiger partial charge on any atom is -0.444 e. The third kappa shape index (κ3) is 1.07. The molecule has 0 bridgehead atoms. The van der Waals surface area contributed by atoms with Gasteiger partial charge in [0.1, 0.15) is 6.10 Å². The van der Waals surface area contributed by atoms with Crippen LogP contribution in [0.4, 0.5) is 4.79 Å². The second kappa shape index (κ2) is 2.37.